The molecule has 3 N–H and O–H groups in total. The highest BCUT2D eigenvalue weighted by Gasteiger charge is 2.37. The number of carbonyl (C=O) groups excluding carboxylic acids is 2. The molecule has 0 bridgehead atoms. The number of hydroxylamine groups is 1. The molecule has 2 aromatic rings. The predicted molar refractivity (Wildman–Crippen MR) is 140 cm³/mol. The van der Waals surface area contributed by atoms with Crippen molar-refractivity contribution in [3.8, 4) is 11.1 Å². The molecule has 0 unspecified atom stereocenters. The Morgan fingerprint density at radius 1 is 1.05 bits per heavy atom. The van der Waals surface area contributed by atoms with Gasteiger partial charge in [-0.15, -0.1) is 5.06 Å². The van der Waals surface area contributed by atoms with Crippen LogP contribution in [0.5, 0.6) is 0 Å². The molecule has 1 atom stereocenters. The Balaban J connectivity index is 1.47. The maximum atomic E-state index is 13.1. The van der Waals surface area contributed by atoms with Gasteiger partial charge >= 0.3 is 12.2 Å². The van der Waals surface area contributed by atoms with E-state index in [2.05, 4.69) is 10.2 Å². The van der Waals surface area contributed by atoms with E-state index in [1.54, 1.807) is 36.4 Å². The minimum absolute atomic E-state index is 0.123. The molecule has 37 heavy (non-hydrogen) atoms. The van der Waals surface area contributed by atoms with Gasteiger partial charge in [-0.1, -0.05) is 35.3 Å². The first kappa shape index (κ1) is 27.0. The second kappa shape index (κ2) is 11.6. The van der Waals surface area contributed by atoms with E-state index < -0.39 is 12.2 Å². The summed E-state index contributed by atoms with van der Waals surface area (Å²) >= 11 is 13.3. The molecule has 1 saturated carbocycles. The normalized spacial score (nSPS) is 21.6. The molecule has 1 aliphatic carbocycles. The second-order valence-electron chi connectivity index (χ2n) is 9.36. The molecule has 0 radical (unpaired) electrons. The van der Waals surface area contributed by atoms with Crippen molar-refractivity contribution in [2.75, 3.05) is 18.7 Å². The minimum atomic E-state index is -1.62. The molecular weight excluding hydrogens is 521 g/mol. The van der Waals surface area contributed by atoms with Gasteiger partial charge in [0.05, 0.1) is 11.8 Å². The van der Waals surface area contributed by atoms with Gasteiger partial charge in [-0.2, -0.15) is 0 Å². The van der Waals surface area contributed by atoms with Crippen molar-refractivity contribution in [2.24, 2.45) is 5.92 Å². The fraction of sp³-hybridized carbons (Fsp3) is 0.423. The number of rotatable bonds is 5. The summed E-state index contributed by atoms with van der Waals surface area (Å²) in [4.78, 5) is 42.6. The Morgan fingerprint density at radius 3 is 2.24 bits per heavy atom. The van der Waals surface area contributed by atoms with Crippen molar-refractivity contribution in [3.63, 3.8) is 0 Å². The minimum Gasteiger partial charge on any atom is -0.448 e. The van der Waals surface area contributed by atoms with Gasteiger partial charge < -0.3 is 20.4 Å². The van der Waals surface area contributed by atoms with Crippen LogP contribution >= 0.6 is 23.2 Å². The van der Waals surface area contributed by atoms with E-state index in [1.165, 1.54) is 7.05 Å². The number of benzene rings is 2. The molecule has 4 rings (SSSR count). The Morgan fingerprint density at radius 2 is 1.68 bits per heavy atom. The zero-order chi connectivity index (χ0) is 26.7. The van der Waals surface area contributed by atoms with Gasteiger partial charge in [0.15, 0.2) is 0 Å². The molecule has 1 aliphatic heterocycles. The summed E-state index contributed by atoms with van der Waals surface area (Å²) in [7, 11) is 1.36. The quantitative estimate of drug-likeness (QED) is 0.446. The first-order chi connectivity index (χ1) is 17.7. The molecule has 198 valence electrons. The number of urea groups is 1. The number of carbonyl (C=O) groups is 3. The predicted octanol–water partition coefficient (Wildman–Crippen LogP) is 5.11. The van der Waals surface area contributed by atoms with E-state index in [0.29, 0.717) is 28.1 Å². The van der Waals surface area contributed by atoms with Crippen LogP contribution in [0.25, 0.3) is 11.1 Å². The second-order valence-corrected chi connectivity index (χ2v) is 10.2. The Kier molecular flexibility index (Phi) is 8.46. The van der Waals surface area contributed by atoms with E-state index in [4.69, 9.17) is 28.3 Å². The van der Waals surface area contributed by atoms with Crippen LogP contribution in [0, 0.1) is 5.92 Å². The van der Waals surface area contributed by atoms with Crippen LogP contribution in [0.15, 0.2) is 36.4 Å². The maximum absolute atomic E-state index is 13.1. The monoisotopic (exact) mass is 549 g/mol. The lowest BCUT2D eigenvalue weighted by Gasteiger charge is -2.33. The third kappa shape index (κ3) is 6.11. The summed E-state index contributed by atoms with van der Waals surface area (Å²) in [5.41, 5.74) is 2.42. The van der Waals surface area contributed by atoms with E-state index >= 15 is 0 Å². The van der Waals surface area contributed by atoms with Crippen LogP contribution in [-0.2, 0) is 16.1 Å². The zero-order valence-corrected chi connectivity index (χ0v) is 21.8. The van der Waals surface area contributed by atoms with Crippen molar-refractivity contribution < 1.29 is 29.4 Å². The summed E-state index contributed by atoms with van der Waals surface area (Å²) < 4.78 is 0. The van der Waals surface area contributed by atoms with Gasteiger partial charge in [0.2, 0.25) is 5.91 Å². The van der Waals surface area contributed by atoms with Crippen molar-refractivity contribution in [1.82, 2.24) is 10.2 Å². The molecule has 1 saturated heterocycles. The first-order valence-electron chi connectivity index (χ1n) is 12.2. The molecule has 11 heteroatoms. The summed E-state index contributed by atoms with van der Waals surface area (Å²) in [6, 6.07) is 9.47. The van der Waals surface area contributed by atoms with Crippen LogP contribution in [-0.4, -0.2) is 58.9 Å². The van der Waals surface area contributed by atoms with Crippen molar-refractivity contribution >= 4 is 47.0 Å². The highest BCUT2D eigenvalue weighted by Crippen LogP contribution is 2.37. The molecular formula is C26H29Cl2N3O6. The Labute approximate surface area is 224 Å². The third-order valence-electron chi connectivity index (χ3n) is 7.05. The number of hydrogen-bond donors (Lipinski definition) is 3. The van der Waals surface area contributed by atoms with E-state index in [9.17, 15) is 19.5 Å². The number of aliphatic hydroxyl groups excluding tert-OH is 1. The SMILES string of the molecule is CNC(=O)N(OC(=O)O)c1ccc(-c2cc(Cl)c(C[C@@H]3CCN([C@H]4CC[C@H](O)CC4)C3=O)c(Cl)c2)cc1. The standard InChI is InChI=1S/C26H29Cl2N3O6/c1-29-25(34)31(37-26(35)36)19-4-2-15(3-5-19)17-13-22(27)21(23(28)14-17)12-16-10-11-30(24(16)33)18-6-8-20(32)9-7-18/h2-5,13-14,16,18,20,32H,6-12H2,1H3,(H,29,34)(H,35,36)/t16-,18-,20-/m0/s1. The summed E-state index contributed by atoms with van der Waals surface area (Å²) in [5, 5.41) is 22.6. The number of likely N-dealkylation sites (tertiary alicyclic amines) is 1. The van der Waals surface area contributed by atoms with Gasteiger partial charge in [-0.05, 0) is 79.5 Å². The fourth-order valence-corrected chi connectivity index (χ4v) is 5.72. The lowest BCUT2D eigenvalue weighted by molar-refractivity contribution is -0.133. The number of halogens is 2. The fourth-order valence-electron chi connectivity index (χ4n) is 5.08. The van der Waals surface area contributed by atoms with Crippen LogP contribution in [0.2, 0.25) is 10.0 Å². The lowest BCUT2D eigenvalue weighted by atomic mass is 9.92. The molecule has 2 fully saturated rings. The van der Waals surface area contributed by atoms with Gasteiger partial charge in [0.1, 0.15) is 0 Å². The van der Waals surface area contributed by atoms with Crippen LogP contribution in [0.3, 0.4) is 0 Å². The molecule has 2 aliphatic rings. The van der Waals surface area contributed by atoms with Gasteiger partial charge in [-0.3, -0.25) is 9.63 Å². The first-order valence-corrected chi connectivity index (χ1v) is 12.9. The number of hydrogen-bond acceptors (Lipinski definition) is 5. The topological polar surface area (TPSA) is 119 Å². The third-order valence-corrected chi connectivity index (χ3v) is 7.73. The summed E-state index contributed by atoms with van der Waals surface area (Å²) in [6.45, 7) is 0.711. The summed E-state index contributed by atoms with van der Waals surface area (Å²) in [6.07, 6.45) is 2.44. The highest BCUT2D eigenvalue weighted by molar-refractivity contribution is 6.36. The van der Waals surface area contributed by atoms with Crippen molar-refractivity contribution in [2.45, 2.75) is 50.7 Å². The summed E-state index contributed by atoms with van der Waals surface area (Å²) in [5.74, 6) is -0.0608. The Hall–Kier alpha value is -3.01. The zero-order valence-electron chi connectivity index (χ0n) is 20.3. The molecule has 9 nitrogen and oxygen atoms in total. The molecule has 0 spiro atoms. The lowest BCUT2D eigenvalue weighted by Crippen LogP contribution is -2.41. The number of carboxylic acid groups (broad SMARTS) is 1. The maximum Gasteiger partial charge on any atom is 0.531 e. The highest BCUT2D eigenvalue weighted by atomic mass is 35.5. The molecule has 3 amide bonds. The van der Waals surface area contributed by atoms with E-state index in [1.807, 2.05) is 4.90 Å². The molecule has 2 aromatic carbocycles. The number of anilines is 1. The molecule has 1 heterocycles. The largest absolute Gasteiger partial charge is 0.531 e. The van der Waals surface area contributed by atoms with Crippen LogP contribution in [0.1, 0.15) is 37.7 Å². The van der Waals surface area contributed by atoms with Crippen molar-refractivity contribution in [3.05, 3.63) is 52.0 Å². The van der Waals surface area contributed by atoms with Crippen molar-refractivity contribution in [1.29, 1.82) is 0 Å². The molecule has 0 aromatic heterocycles. The number of aliphatic hydroxyl groups is 1. The van der Waals surface area contributed by atoms with Gasteiger partial charge in [0, 0.05) is 35.6 Å². The number of nitrogens with zero attached hydrogens (tertiary/aromatic N) is 2. The van der Waals surface area contributed by atoms with E-state index in [0.717, 1.165) is 48.8 Å². The Bertz CT molecular complexity index is 1140. The number of nitrogens with one attached hydrogen (secondary N) is 1. The van der Waals surface area contributed by atoms with Crippen LogP contribution in [0.4, 0.5) is 15.3 Å². The van der Waals surface area contributed by atoms with Gasteiger partial charge in [0.25, 0.3) is 0 Å². The average molecular weight is 550 g/mol. The smallest absolute Gasteiger partial charge is 0.448 e. The average Bonchev–Trinajstić information content (AvgIpc) is 3.24. The van der Waals surface area contributed by atoms with Crippen LogP contribution < -0.4 is 10.4 Å². The number of amides is 3. The van der Waals surface area contributed by atoms with E-state index in [-0.39, 0.29) is 29.7 Å². The van der Waals surface area contributed by atoms with Gasteiger partial charge in [-0.25, -0.2) is 9.59 Å².